The van der Waals surface area contributed by atoms with E-state index in [0.29, 0.717) is 31.3 Å². The number of aliphatic hydroxyl groups excluding tert-OH is 1. The molecule has 0 aromatic carbocycles. The number of ether oxygens (including phenoxy) is 1. The van der Waals surface area contributed by atoms with Gasteiger partial charge in [0, 0.05) is 13.6 Å². The van der Waals surface area contributed by atoms with Crippen LogP contribution in [-0.4, -0.2) is 59.5 Å². The van der Waals surface area contributed by atoms with Gasteiger partial charge in [0.25, 0.3) is 0 Å². The van der Waals surface area contributed by atoms with Crippen molar-refractivity contribution in [2.75, 3.05) is 38.3 Å². The molecule has 0 spiro atoms. The van der Waals surface area contributed by atoms with Crippen LogP contribution in [0.15, 0.2) is 17.5 Å². The number of oxime groups is 1. The van der Waals surface area contributed by atoms with E-state index < -0.39 is 0 Å². The van der Waals surface area contributed by atoms with E-state index in [9.17, 15) is 0 Å². The molecule has 0 radical (unpaired) electrons. The Labute approximate surface area is 105 Å². The average molecular weight is 255 g/mol. The van der Waals surface area contributed by atoms with Gasteiger partial charge in [-0.3, -0.25) is 0 Å². The first-order valence-corrected chi connectivity index (χ1v) is 5.38. The molecule has 0 fully saturated rings. The topological polar surface area (TPSA) is 117 Å². The number of likely N-dealkylation sites (N-methyl/N-ethyl adjacent to an activating group) is 1. The molecule has 0 aliphatic rings. The van der Waals surface area contributed by atoms with Crippen molar-refractivity contribution in [2.45, 2.75) is 0 Å². The van der Waals surface area contributed by atoms with Gasteiger partial charge in [0.05, 0.1) is 32.2 Å². The lowest BCUT2D eigenvalue weighted by molar-refractivity contribution is 0.0970. The minimum atomic E-state index is -0.0806. The van der Waals surface area contributed by atoms with Gasteiger partial charge in [-0.2, -0.15) is 0 Å². The first-order valence-electron chi connectivity index (χ1n) is 5.38. The molecule has 1 heterocycles. The molecule has 0 bridgehead atoms. The van der Waals surface area contributed by atoms with Gasteiger partial charge in [0.1, 0.15) is 11.5 Å². The molecular formula is C10H17N5O3. The van der Waals surface area contributed by atoms with Gasteiger partial charge < -0.3 is 25.7 Å². The predicted molar refractivity (Wildman–Crippen MR) is 65.7 cm³/mol. The van der Waals surface area contributed by atoms with Crippen LogP contribution in [0.4, 0.5) is 5.82 Å². The van der Waals surface area contributed by atoms with Gasteiger partial charge in [0.15, 0.2) is 5.84 Å². The van der Waals surface area contributed by atoms with Crippen LogP contribution in [0.1, 0.15) is 5.69 Å². The molecule has 0 atom stereocenters. The summed E-state index contributed by atoms with van der Waals surface area (Å²) in [5.74, 6) is 0.570. The summed E-state index contributed by atoms with van der Waals surface area (Å²) < 4.78 is 5.14. The van der Waals surface area contributed by atoms with Crippen molar-refractivity contribution in [1.29, 1.82) is 0 Å². The Hall–Kier alpha value is -1.93. The van der Waals surface area contributed by atoms with E-state index in [1.807, 2.05) is 11.9 Å². The Morgan fingerprint density at radius 3 is 2.78 bits per heavy atom. The highest BCUT2D eigenvalue weighted by atomic mass is 16.5. The highest BCUT2D eigenvalue weighted by Crippen LogP contribution is 2.06. The first kappa shape index (κ1) is 14.1. The molecular weight excluding hydrogens is 238 g/mol. The molecule has 8 nitrogen and oxygen atoms in total. The standard InChI is InChI=1S/C10H17N5O3/c1-15(2-4-18-5-3-16)9-7-12-8(6-13-9)10(11)14-17/h6-7,16-17H,2-5H2,1H3,(H2,11,14). The summed E-state index contributed by atoms with van der Waals surface area (Å²) in [7, 11) is 1.84. The fourth-order valence-electron chi connectivity index (χ4n) is 1.18. The molecule has 0 aliphatic heterocycles. The molecule has 18 heavy (non-hydrogen) atoms. The zero-order valence-corrected chi connectivity index (χ0v) is 10.2. The fraction of sp³-hybridized carbons (Fsp3) is 0.500. The molecule has 0 saturated heterocycles. The molecule has 1 rings (SSSR count). The Morgan fingerprint density at radius 1 is 1.44 bits per heavy atom. The van der Waals surface area contributed by atoms with Crippen molar-refractivity contribution >= 4 is 11.7 Å². The summed E-state index contributed by atoms with van der Waals surface area (Å²) in [6.07, 6.45) is 2.95. The smallest absolute Gasteiger partial charge is 0.190 e. The van der Waals surface area contributed by atoms with Crippen LogP contribution in [0.5, 0.6) is 0 Å². The molecule has 0 saturated carbocycles. The van der Waals surface area contributed by atoms with Crippen molar-refractivity contribution in [2.24, 2.45) is 10.9 Å². The van der Waals surface area contributed by atoms with Crippen molar-refractivity contribution in [3.8, 4) is 0 Å². The molecule has 100 valence electrons. The zero-order valence-electron chi connectivity index (χ0n) is 10.2. The Balaban J connectivity index is 2.51. The quantitative estimate of drug-likeness (QED) is 0.188. The lowest BCUT2D eigenvalue weighted by Gasteiger charge is -2.17. The van der Waals surface area contributed by atoms with Crippen LogP contribution >= 0.6 is 0 Å². The molecule has 0 amide bonds. The monoisotopic (exact) mass is 255 g/mol. The van der Waals surface area contributed by atoms with E-state index in [2.05, 4.69) is 15.1 Å². The second kappa shape index (κ2) is 7.41. The minimum Gasteiger partial charge on any atom is -0.409 e. The molecule has 0 aliphatic carbocycles. The summed E-state index contributed by atoms with van der Waals surface area (Å²) in [6.45, 7) is 1.44. The third kappa shape index (κ3) is 4.15. The van der Waals surface area contributed by atoms with Crippen LogP contribution in [0, 0.1) is 0 Å². The third-order valence-electron chi connectivity index (χ3n) is 2.21. The zero-order chi connectivity index (χ0) is 13.4. The van der Waals surface area contributed by atoms with E-state index in [-0.39, 0.29) is 12.4 Å². The van der Waals surface area contributed by atoms with Crippen LogP contribution in [-0.2, 0) is 4.74 Å². The Bertz CT molecular complexity index is 382. The summed E-state index contributed by atoms with van der Waals surface area (Å²) in [6, 6.07) is 0. The van der Waals surface area contributed by atoms with Gasteiger partial charge in [-0.15, -0.1) is 0 Å². The molecule has 1 aromatic heterocycles. The molecule has 4 N–H and O–H groups in total. The number of rotatable bonds is 7. The van der Waals surface area contributed by atoms with Gasteiger partial charge in [0.2, 0.25) is 0 Å². The predicted octanol–water partition coefficient (Wildman–Crippen LogP) is -0.984. The molecule has 1 aromatic rings. The second-order valence-electron chi connectivity index (χ2n) is 3.50. The number of hydrogen-bond acceptors (Lipinski definition) is 7. The third-order valence-corrected chi connectivity index (χ3v) is 2.21. The Kier molecular flexibility index (Phi) is 5.81. The van der Waals surface area contributed by atoms with E-state index in [4.69, 9.17) is 20.8 Å². The van der Waals surface area contributed by atoms with Crippen molar-refractivity contribution in [3.05, 3.63) is 18.1 Å². The summed E-state index contributed by atoms with van der Waals surface area (Å²) in [4.78, 5) is 9.99. The van der Waals surface area contributed by atoms with Gasteiger partial charge >= 0.3 is 0 Å². The molecule has 8 heteroatoms. The summed E-state index contributed by atoms with van der Waals surface area (Å²) in [5.41, 5.74) is 5.69. The van der Waals surface area contributed by atoms with Crippen LogP contribution in [0.2, 0.25) is 0 Å². The number of anilines is 1. The number of nitrogens with zero attached hydrogens (tertiary/aromatic N) is 4. The van der Waals surface area contributed by atoms with E-state index in [1.165, 1.54) is 12.4 Å². The summed E-state index contributed by atoms with van der Waals surface area (Å²) >= 11 is 0. The highest BCUT2D eigenvalue weighted by molar-refractivity contribution is 5.94. The summed E-state index contributed by atoms with van der Waals surface area (Å²) in [5, 5.41) is 19.9. The van der Waals surface area contributed by atoms with Gasteiger partial charge in [-0.25, -0.2) is 9.97 Å². The van der Waals surface area contributed by atoms with Crippen molar-refractivity contribution in [1.82, 2.24) is 9.97 Å². The number of amidine groups is 1. The maximum Gasteiger partial charge on any atom is 0.190 e. The van der Waals surface area contributed by atoms with Gasteiger partial charge in [-0.1, -0.05) is 5.16 Å². The molecule has 0 unspecified atom stereocenters. The minimum absolute atomic E-state index is 0.0119. The second-order valence-corrected chi connectivity index (χ2v) is 3.50. The Morgan fingerprint density at radius 2 is 2.22 bits per heavy atom. The highest BCUT2D eigenvalue weighted by Gasteiger charge is 2.05. The average Bonchev–Trinajstić information content (AvgIpc) is 2.42. The first-order chi connectivity index (χ1) is 8.69. The maximum atomic E-state index is 8.55. The van der Waals surface area contributed by atoms with Gasteiger partial charge in [-0.05, 0) is 0 Å². The van der Waals surface area contributed by atoms with E-state index in [1.54, 1.807) is 0 Å². The SMILES string of the molecule is CN(CCOCCO)c1cnc(C(N)=NO)cn1. The lowest BCUT2D eigenvalue weighted by Crippen LogP contribution is -2.24. The normalized spacial score (nSPS) is 11.6. The van der Waals surface area contributed by atoms with Crippen LogP contribution in [0.3, 0.4) is 0 Å². The van der Waals surface area contributed by atoms with E-state index in [0.717, 1.165) is 0 Å². The number of aliphatic hydroxyl groups is 1. The van der Waals surface area contributed by atoms with Crippen LogP contribution in [0.25, 0.3) is 0 Å². The number of aromatic nitrogens is 2. The van der Waals surface area contributed by atoms with Crippen molar-refractivity contribution < 1.29 is 15.1 Å². The maximum absolute atomic E-state index is 8.55. The largest absolute Gasteiger partial charge is 0.409 e. The number of nitrogens with two attached hydrogens (primary N) is 1. The number of hydrogen-bond donors (Lipinski definition) is 3. The van der Waals surface area contributed by atoms with Crippen LogP contribution < -0.4 is 10.6 Å². The lowest BCUT2D eigenvalue weighted by atomic mass is 10.4. The fourth-order valence-corrected chi connectivity index (χ4v) is 1.18. The van der Waals surface area contributed by atoms with Crippen molar-refractivity contribution in [3.63, 3.8) is 0 Å². The van der Waals surface area contributed by atoms with E-state index >= 15 is 0 Å².